The third kappa shape index (κ3) is 6.21. The number of carbonyl (C=O) groups is 2. The number of fused-ring (bicyclic) bond motifs is 1. The molecule has 0 heterocycles. The van der Waals surface area contributed by atoms with E-state index in [9.17, 15) is 14.7 Å². The molecule has 1 N–H and O–H groups in total. The van der Waals surface area contributed by atoms with Crippen LogP contribution >= 0.6 is 11.9 Å². The van der Waals surface area contributed by atoms with Gasteiger partial charge in [-0.15, -0.1) is 0 Å². The fourth-order valence-corrected chi connectivity index (χ4v) is 5.50. The van der Waals surface area contributed by atoms with Gasteiger partial charge in [0.1, 0.15) is 5.75 Å². The molecule has 0 aliphatic heterocycles. The molecule has 0 unspecified atom stereocenters. The third-order valence-electron chi connectivity index (χ3n) is 6.34. The Balaban J connectivity index is 1.62. The molecule has 4 aromatic rings. The Bertz CT molecular complexity index is 1460. The van der Waals surface area contributed by atoms with Crippen molar-refractivity contribution in [2.45, 2.75) is 39.1 Å². The van der Waals surface area contributed by atoms with Gasteiger partial charge in [0.25, 0.3) is 0 Å². The van der Waals surface area contributed by atoms with Crippen LogP contribution in [0.15, 0.2) is 77.7 Å². The van der Waals surface area contributed by atoms with Crippen molar-refractivity contribution in [1.29, 1.82) is 0 Å². The van der Waals surface area contributed by atoms with E-state index in [2.05, 4.69) is 57.2 Å². The Labute approximate surface area is 222 Å². The van der Waals surface area contributed by atoms with E-state index in [4.69, 9.17) is 0 Å². The number of anilines is 1. The van der Waals surface area contributed by atoms with Gasteiger partial charge in [-0.2, -0.15) is 0 Å². The second-order valence-corrected chi connectivity index (χ2v) is 10.7. The fraction of sp³-hybridized carbons (Fsp3) is 0.226. The number of rotatable bonds is 8. The normalized spacial score (nSPS) is 11.2. The lowest BCUT2D eigenvalue weighted by Crippen LogP contribution is -2.37. The summed E-state index contributed by atoms with van der Waals surface area (Å²) in [5, 5.41) is 12.7. The molecule has 0 aliphatic carbocycles. The molecule has 0 spiro atoms. The Kier molecular flexibility index (Phi) is 8.00. The molecule has 0 aliphatic rings. The number of carbonyl (C=O) groups excluding carboxylic acids is 2. The van der Waals surface area contributed by atoms with Crippen molar-refractivity contribution in [1.82, 2.24) is 4.31 Å². The molecule has 0 fully saturated rings. The van der Waals surface area contributed by atoms with E-state index in [1.165, 1.54) is 29.7 Å². The molecule has 0 saturated carbocycles. The smallest absolute Gasteiger partial charge is 0.242 e. The van der Waals surface area contributed by atoms with E-state index >= 15 is 0 Å². The number of aryl methyl sites for hydroxylation is 3. The van der Waals surface area contributed by atoms with Crippen LogP contribution in [0.2, 0.25) is 0 Å². The summed E-state index contributed by atoms with van der Waals surface area (Å²) < 4.78 is 1.93. The summed E-state index contributed by atoms with van der Waals surface area (Å²) in [6, 6.07) is 23.3. The van der Waals surface area contributed by atoms with Gasteiger partial charge in [0.2, 0.25) is 5.91 Å². The van der Waals surface area contributed by atoms with Gasteiger partial charge < -0.3 is 10.0 Å². The summed E-state index contributed by atoms with van der Waals surface area (Å²) in [5.41, 5.74) is 5.33. The topological polar surface area (TPSA) is 60.9 Å². The van der Waals surface area contributed by atoms with Crippen molar-refractivity contribution in [2.24, 2.45) is 0 Å². The van der Waals surface area contributed by atoms with Gasteiger partial charge in [-0.05, 0) is 92.4 Å². The third-order valence-corrected chi connectivity index (χ3v) is 7.60. The maximum atomic E-state index is 13.7. The van der Waals surface area contributed by atoms with Gasteiger partial charge in [0, 0.05) is 16.6 Å². The SMILES string of the molecule is CC(=O)c1ccc(N(Cc2ccc3ccccc3c2)C(=O)CN(C)Sc2c(C)cc(C)cc2C)cc1O. The molecule has 0 bridgehead atoms. The van der Waals surface area contributed by atoms with Gasteiger partial charge in [0.05, 0.1) is 18.7 Å². The van der Waals surface area contributed by atoms with E-state index in [1.807, 2.05) is 29.6 Å². The zero-order valence-electron chi connectivity index (χ0n) is 21.9. The predicted molar refractivity (Wildman–Crippen MR) is 152 cm³/mol. The number of aromatic hydroxyl groups is 1. The van der Waals surface area contributed by atoms with Crippen molar-refractivity contribution in [3.8, 4) is 5.75 Å². The summed E-state index contributed by atoms with van der Waals surface area (Å²) >= 11 is 1.56. The number of hydrogen-bond acceptors (Lipinski definition) is 5. The highest BCUT2D eigenvalue weighted by Crippen LogP contribution is 2.31. The molecule has 0 atom stereocenters. The molecular formula is C31H32N2O3S. The number of Topliss-reactive ketones (excluding diaryl/α,β-unsaturated/α-hetero) is 1. The molecule has 37 heavy (non-hydrogen) atoms. The molecule has 0 aromatic heterocycles. The number of likely N-dealkylation sites (N-methyl/N-ethyl adjacent to an activating group) is 1. The summed E-state index contributed by atoms with van der Waals surface area (Å²) in [5.74, 6) is -0.466. The summed E-state index contributed by atoms with van der Waals surface area (Å²) in [6.07, 6.45) is 0. The minimum atomic E-state index is -0.226. The standard InChI is InChI=1S/C31H32N2O3S/c1-20-14-21(2)31(22(3)15-20)37-32(5)19-30(36)33(27-12-13-28(23(4)34)29(35)17-27)18-24-10-11-25-8-6-7-9-26(25)16-24/h6-17,35H,18-19H2,1-5H3. The van der Waals surface area contributed by atoms with E-state index in [0.29, 0.717) is 12.2 Å². The second kappa shape index (κ2) is 11.2. The minimum absolute atomic E-state index is 0.111. The maximum absolute atomic E-state index is 13.7. The highest BCUT2D eigenvalue weighted by atomic mass is 32.2. The van der Waals surface area contributed by atoms with E-state index in [-0.39, 0.29) is 29.5 Å². The summed E-state index contributed by atoms with van der Waals surface area (Å²) in [6.45, 7) is 8.17. The van der Waals surface area contributed by atoms with Gasteiger partial charge in [-0.3, -0.25) is 9.59 Å². The first kappa shape index (κ1) is 26.5. The van der Waals surface area contributed by atoms with Crippen LogP contribution in [-0.4, -0.2) is 34.7 Å². The van der Waals surface area contributed by atoms with Crippen molar-refractivity contribution in [3.05, 3.63) is 101 Å². The molecular weight excluding hydrogens is 480 g/mol. The number of nitrogens with zero attached hydrogens (tertiary/aromatic N) is 2. The largest absolute Gasteiger partial charge is 0.507 e. The van der Waals surface area contributed by atoms with E-state index in [0.717, 1.165) is 21.2 Å². The molecule has 4 rings (SSSR count). The van der Waals surface area contributed by atoms with Crippen LogP contribution in [0, 0.1) is 20.8 Å². The summed E-state index contributed by atoms with van der Waals surface area (Å²) in [7, 11) is 1.91. The van der Waals surface area contributed by atoms with Crippen molar-refractivity contribution in [2.75, 3.05) is 18.5 Å². The molecule has 1 amide bonds. The first-order valence-electron chi connectivity index (χ1n) is 12.2. The van der Waals surface area contributed by atoms with Crippen LogP contribution in [0.1, 0.15) is 39.5 Å². The number of benzene rings is 4. The monoisotopic (exact) mass is 512 g/mol. The number of phenolic OH excluding ortho intramolecular Hbond substituents is 1. The van der Waals surface area contributed by atoms with E-state index < -0.39 is 0 Å². The first-order valence-corrected chi connectivity index (χ1v) is 13.0. The van der Waals surface area contributed by atoms with Crippen LogP contribution < -0.4 is 4.90 Å². The number of phenols is 1. The molecule has 0 saturated heterocycles. The Morgan fingerprint density at radius 2 is 1.54 bits per heavy atom. The maximum Gasteiger partial charge on any atom is 0.242 e. The quantitative estimate of drug-likeness (QED) is 0.207. The lowest BCUT2D eigenvalue weighted by atomic mass is 10.1. The van der Waals surface area contributed by atoms with Crippen molar-refractivity contribution in [3.63, 3.8) is 0 Å². The lowest BCUT2D eigenvalue weighted by Gasteiger charge is -2.26. The number of hydrogen-bond donors (Lipinski definition) is 1. The van der Waals surface area contributed by atoms with Gasteiger partial charge >= 0.3 is 0 Å². The van der Waals surface area contributed by atoms with Gasteiger partial charge in [-0.1, -0.05) is 54.1 Å². The molecule has 4 aromatic carbocycles. The van der Waals surface area contributed by atoms with Crippen LogP contribution in [0.4, 0.5) is 5.69 Å². The minimum Gasteiger partial charge on any atom is -0.507 e. The Morgan fingerprint density at radius 1 is 0.865 bits per heavy atom. The molecule has 5 nitrogen and oxygen atoms in total. The average Bonchev–Trinajstić information content (AvgIpc) is 2.84. The van der Waals surface area contributed by atoms with Crippen molar-refractivity contribution < 1.29 is 14.7 Å². The fourth-order valence-electron chi connectivity index (χ4n) is 4.60. The lowest BCUT2D eigenvalue weighted by molar-refractivity contribution is -0.118. The molecule has 190 valence electrons. The zero-order chi connectivity index (χ0) is 26.7. The molecule has 6 heteroatoms. The van der Waals surface area contributed by atoms with Crippen molar-refractivity contribution >= 4 is 40.1 Å². The Hall–Kier alpha value is -3.61. The Morgan fingerprint density at radius 3 is 2.19 bits per heavy atom. The highest BCUT2D eigenvalue weighted by molar-refractivity contribution is 7.97. The highest BCUT2D eigenvalue weighted by Gasteiger charge is 2.21. The van der Waals surface area contributed by atoms with Crippen LogP contribution in [0.3, 0.4) is 0 Å². The van der Waals surface area contributed by atoms with E-state index in [1.54, 1.807) is 29.0 Å². The number of ketones is 1. The van der Waals surface area contributed by atoms with Crippen LogP contribution in [-0.2, 0) is 11.3 Å². The average molecular weight is 513 g/mol. The predicted octanol–water partition coefficient (Wildman–Crippen LogP) is 6.85. The first-order chi connectivity index (χ1) is 17.6. The van der Waals surface area contributed by atoms with Gasteiger partial charge in [-0.25, -0.2) is 4.31 Å². The van der Waals surface area contributed by atoms with Gasteiger partial charge in [0.15, 0.2) is 5.78 Å². The second-order valence-electron chi connectivity index (χ2n) is 9.52. The van der Waals surface area contributed by atoms with Crippen LogP contribution in [0.25, 0.3) is 10.8 Å². The summed E-state index contributed by atoms with van der Waals surface area (Å²) in [4.78, 5) is 28.3. The zero-order valence-corrected chi connectivity index (χ0v) is 22.7. The molecule has 0 radical (unpaired) electrons. The van der Waals surface area contributed by atoms with Crippen LogP contribution in [0.5, 0.6) is 5.75 Å². The number of amides is 1.